The van der Waals surface area contributed by atoms with E-state index in [1.54, 1.807) is 12.1 Å². The molecule has 2 aliphatic rings. The van der Waals surface area contributed by atoms with Crippen molar-refractivity contribution in [3.05, 3.63) is 148 Å². The van der Waals surface area contributed by atoms with Gasteiger partial charge in [0.15, 0.2) is 0 Å². The number of ether oxygens (including phenoxy) is 1. The first-order valence-electron chi connectivity index (χ1n) is 15.7. The molecule has 1 amide bonds. The van der Waals surface area contributed by atoms with Gasteiger partial charge in [0.25, 0.3) is 5.69 Å². The van der Waals surface area contributed by atoms with Crippen LogP contribution in [-0.2, 0) is 16.1 Å². The molecule has 2 fully saturated rings. The number of nitro groups is 1. The molecule has 0 unspecified atom stereocenters. The molecule has 0 aromatic heterocycles. The average molecular weight is 638 g/mol. The standard InChI is InChI=1S/C36H39N5O4S/c37-39-22-20-38(21-23-39)25-33-24-34(26-40(33)35(42)45-27-28-16-18-32(19-17-28)41(43)44)46-36(29-10-4-1-5-11-29,30-12-6-2-7-13-30)31-14-8-3-9-15-31/h1-19,33-34H,20-27,37H2/t33-,34-/m0/s1. The zero-order valence-electron chi connectivity index (χ0n) is 25.7. The van der Waals surface area contributed by atoms with Gasteiger partial charge < -0.3 is 9.64 Å². The lowest BCUT2D eigenvalue weighted by Crippen LogP contribution is -2.52. The molecular formula is C36H39N5O4S. The van der Waals surface area contributed by atoms with Crippen molar-refractivity contribution in [3.63, 3.8) is 0 Å². The SMILES string of the molecule is NN1CCN(C[C@@H]2C[C@H](SC(c3ccccc3)(c3ccccc3)c3ccccc3)CN2C(=O)OCc2ccc([N+](=O)[O-])cc2)CC1. The van der Waals surface area contributed by atoms with E-state index in [0.29, 0.717) is 12.1 Å². The Morgan fingerprint density at radius 1 is 0.826 bits per heavy atom. The quantitative estimate of drug-likeness (QED) is 0.0994. The molecule has 0 radical (unpaired) electrons. The van der Waals surface area contributed by atoms with Gasteiger partial charge in [0.1, 0.15) is 6.61 Å². The maximum atomic E-state index is 13.8. The molecule has 10 heteroatoms. The second-order valence-corrected chi connectivity index (χ2v) is 13.4. The summed E-state index contributed by atoms with van der Waals surface area (Å²) in [4.78, 5) is 28.7. The summed E-state index contributed by atoms with van der Waals surface area (Å²) in [5.74, 6) is 6.04. The summed E-state index contributed by atoms with van der Waals surface area (Å²) in [5, 5.41) is 13.0. The lowest BCUT2D eigenvalue weighted by Gasteiger charge is -2.37. The predicted octanol–water partition coefficient (Wildman–Crippen LogP) is 5.89. The number of non-ortho nitro benzene ring substituents is 1. The number of nitrogens with two attached hydrogens (primary N) is 1. The molecule has 9 nitrogen and oxygen atoms in total. The molecule has 46 heavy (non-hydrogen) atoms. The van der Waals surface area contributed by atoms with Crippen molar-refractivity contribution in [3.8, 4) is 0 Å². The monoisotopic (exact) mass is 637 g/mol. The summed E-state index contributed by atoms with van der Waals surface area (Å²) >= 11 is 1.91. The highest BCUT2D eigenvalue weighted by molar-refractivity contribution is 8.01. The van der Waals surface area contributed by atoms with Crippen LogP contribution in [0.5, 0.6) is 0 Å². The van der Waals surface area contributed by atoms with Gasteiger partial charge in [-0.1, -0.05) is 91.0 Å². The minimum absolute atomic E-state index is 0.00542. The molecule has 4 aromatic carbocycles. The van der Waals surface area contributed by atoms with Crippen molar-refractivity contribution in [2.45, 2.75) is 29.1 Å². The van der Waals surface area contributed by atoms with E-state index in [2.05, 4.69) is 77.7 Å². The van der Waals surface area contributed by atoms with Crippen molar-refractivity contribution in [1.29, 1.82) is 0 Å². The Bertz CT molecular complexity index is 1490. The number of hydrazine groups is 1. The third-order valence-corrected chi connectivity index (χ3v) is 10.6. The summed E-state index contributed by atoms with van der Waals surface area (Å²) in [7, 11) is 0. The Kier molecular flexibility index (Phi) is 9.99. The smallest absolute Gasteiger partial charge is 0.410 e. The minimum atomic E-state index is -0.497. The molecule has 6 rings (SSSR count). The third kappa shape index (κ3) is 7.10. The number of rotatable bonds is 10. The molecule has 2 N–H and O–H groups in total. The Morgan fingerprint density at radius 3 is 1.85 bits per heavy atom. The second kappa shape index (κ2) is 14.5. The lowest BCUT2D eigenvalue weighted by molar-refractivity contribution is -0.384. The van der Waals surface area contributed by atoms with Crippen molar-refractivity contribution >= 4 is 23.5 Å². The minimum Gasteiger partial charge on any atom is -0.445 e. The van der Waals surface area contributed by atoms with Gasteiger partial charge in [-0.3, -0.25) is 20.9 Å². The van der Waals surface area contributed by atoms with Crippen molar-refractivity contribution in [1.82, 2.24) is 14.8 Å². The predicted molar refractivity (Wildman–Crippen MR) is 181 cm³/mol. The van der Waals surface area contributed by atoms with Gasteiger partial charge >= 0.3 is 6.09 Å². The highest BCUT2D eigenvalue weighted by Gasteiger charge is 2.45. The van der Waals surface area contributed by atoms with Crippen molar-refractivity contribution in [2.24, 2.45) is 5.84 Å². The van der Waals surface area contributed by atoms with E-state index in [1.807, 2.05) is 39.9 Å². The number of carbonyl (C=O) groups excluding carboxylic acids is 1. The topological polar surface area (TPSA) is 105 Å². The Morgan fingerprint density at radius 2 is 1.35 bits per heavy atom. The Labute approximate surface area is 274 Å². The van der Waals surface area contributed by atoms with Crippen LogP contribution in [0.1, 0.15) is 28.7 Å². The molecule has 0 bridgehead atoms. The number of likely N-dealkylation sites (tertiary alicyclic amines) is 1. The number of carbonyl (C=O) groups is 1. The number of hydrogen-bond donors (Lipinski definition) is 1. The van der Waals surface area contributed by atoms with Gasteiger partial charge in [0, 0.05) is 62.7 Å². The van der Waals surface area contributed by atoms with Crippen LogP contribution in [0.15, 0.2) is 115 Å². The van der Waals surface area contributed by atoms with Crippen LogP contribution in [0.3, 0.4) is 0 Å². The highest BCUT2D eigenvalue weighted by Crippen LogP contribution is 2.52. The number of nitro benzene ring substituents is 1. The molecule has 4 aromatic rings. The average Bonchev–Trinajstić information content (AvgIpc) is 3.50. The largest absolute Gasteiger partial charge is 0.445 e. The maximum Gasteiger partial charge on any atom is 0.410 e. The van der Waals surface area contributed by atoms with E-state index in [1.165, 1.54) is 28.8 Å². The summed E-state index contributed by atoms with van der Waals surface area (Å²) in [6, 6.07) is 37.9. The fourth-order valence-electron chi connectivity index (χ4n) is 6.51. The zero-order chi connectivity index (χ0) is 31.9. The number of benzene rings is 4. The Balaban J connectivity index is 1.29. The number of thioether (sulfide) groups is 1. The summed E-state index contributed by atoms with van der Waals surface area (Å²) in [6.45, 7) is 4.60. The van der Waals surface area contributed by atoms with Gasteiger partial charge in [-0.15, -0.1) is 11.8 Å². The molecule has 0 saturated carbocycles. The molecule has 2 saturated heterocycles. The third-order valence-electron chi connectivity index (χ3n) is 8.88. The number of hydrogen-bond acceptors (Lipinski definition) is 8. The molecule has 0 spiro atoms. The van der Waals surface area contributed by atoms with E-state index in [-0.39, 0.29) is 29.7 Å². The van der Waals surface area contributed by atoms with Crippen LogP contribution in [0, 0.1) is 10.1 Å². The van der Waals surface area contributed by atoms with Gasteiger partial charge in [-0.05, 0) is 40.8 Å². The second-order valence-electron chi connectivity index (χ2n) is 11.9. The first-order valence-corrected chi connectivity index (χ1v) is 16.5. The van der Waals surface area contributed by atoms with Crippen LogP contribution in [-0.4, -0.2) is 76.4 Å². The lowest BCUT2D eigenvalue weighted by atomic mass is 9.84. The molecular weight excluding hydrogens is 598 g/mol. The summed E-state index contributed by atoms with van der Waals surface area (Å²) < 4.78 is 5.35. The maximum absolute atomic E-state index is 13.8. The van der Waals surface area contributed by atoms with E-state index < -0.39 is 9.67 Å². The molecule has 238 valence electrons. The van der Waals surface area contributed by atoms with Crippen LogP contribution in [0.4, 0.5) is 10.5 Å². The number of amides is 1. The molecule has 0 aliphatic carbocycles. The van der Waals surface area contributed by atoms with E-state index in [9.17, 15) is 14.9 Å². The number of nitrogens with zero attached hydrogens (tertiary/aromatic N) is 4. The van der Waals surface area contributed by atoms with E-state index in [0.717, 1.165) is 39.1 Å². The highest BCUT2D eigenvalue weighted by atomic mass is 32.2. The van der Waals surface area contributed by atoms with Gasteiger partial charge in [-0.2, -0.15) is 0 Å². The van der Waals surface area contributed by atoms with Crippen molar-refractivity contribution < 1.29 is 14.5 Å². The van der Waals surface area contributed by atoms with Gasteiger partial charge in [0.2, 0.25) is 0 Å². The fourth-order valence-corrected chi connectivity index (χ4v) is 8.38. The number of piperazine rings is 1. The van der Waals surface area contributed by atoms with Crippen LogP contribution in [0.2, 0.25) is 0 Å². The summed E-state index contributed by atoms with van der Waals surface area (Å²) in [6.07, 6.45) is 0.447. The first kappa shape index (κ1) is 31.7. The fraction of sp³-hybridized carbons (Fsp3) is 0.306. The van der Waals surface area contributed by atoms with Crippen molar-refractivity contribution in [2.75, 3.05) is 39.3 Å². The molecule has 2 atom stereocenters. The van der Waals surface area contributed by atoms with E-state index in [4.69, 9.17) is 10.6 Å². The van der Waals surface area contributed by atoms with Crippen LogP contribution < -0.4 is 5.84 Å². The normalized spacial score (nSPS) is 19.2. The summed E-state index contributed by atoms with van der Waals surface area (Å²) in [5.41, 5.74) is 4.27. The zero-order valence-corrected chi connectivity index (χ0v) is 26.5. The molecule has 2 heterocycles. The Hall–Kier alpha value is -4.22. The van der Waals surface area contributed by atoms with Crippen LogP contribution >= 0.6 is 11.8 Å². The van der Waals surface area contributed by atoms with E-state index >= 15 is 0 Å². The molecule has 2 aliphatic heterocycles. The van der Waals surface area contributed by atoms with Gasteiger partial charge in [0.05, 0.1) is 9.67 Å². The van der Waals surface area contributed by atoms with Gasteiger partial charge in [-0.25, -0.2) is 9.80 Å². The first-order chi connectivity index (χ1) is 22.4. The van der Waals surface area contributed by atoms with Crippen LogP contribution in [0.25, 0.3) is 0 Å².